The Balaban J connectivity index is 4.52. The summed E-state index contributed by atoms with van der Waals surface area (Å²) in [6.07, 6.45) is 14.7. The molecule has 0 aliphatic heterocycles. The van der Waals surface area contributed by atoms with E-state index in [9.17, 15) is 4.79 Å². The van der Waals surface area contributed by atoms with Gasteiger partial charge in [-0.05, 0) is 37.9 Å². The van der Waals surface area contributed by atoms with Crippen molar-refractivity contribution in [1.29, 1.82) is 0 Å². The average molecular weight is 385 g/mol. The third-order valence-corrected chi connectivity index (χ3v) is 9.87. The summed E-state index contributed by atoms with van der Waals surface area (Å²) in [7, 11) is -1.80. The number of rotatable bonds is 14. The molecule has 0 aromatic rings. The monoisotopic (exact) mass is 384 g/mol. The van der Waals surface area contributed by atoms with Gasteiger partial charge in [0, 0.05) is 12.2 Å². The van der Waals surface area contributed by atoms with Gasteiger partial charge in [-0.3, -0.25) is 0 Å². The molecule has 4 heteroatoms. The Morgan fingerprint density at radius 1 is 1.00 bits per heavy atom. The van der Waals surface area contributed by atoms with Gasteiger partial charge in [0.1, 0.15) is 0 Å². The maximum atomic E-state index is 11.5. The Bertz CT molecular complexity index is 397. The minimum absolute atomic E-state index is 0.205. The van der Waals surface area contributed by atoms with Crippen molar-refractivity contribution >= 4 is 14.3 Å². The van der Waals surface area contributed by atoms with Gasteiger partial charge in [-0.25, -0.2) is 4.79 Å². The maximum Gasteiger partial charge on any atom is 0.330 e. The lowest BCUT2D eigenvalue weighted by Crippen LogP contribution is -2.43. The molecular formula is C22H44O3Si. The van der Waals surface area contributed by atoms with Crippen molar-refractivity contribution in [1.82, 2.24) is 0 Å². The molecule has 0 saturated carbocycles. The Labute approximate surface area is 164 Å². The summed E-state index contributed by atoms with van der Waals surface area (Å²) in [6.45, 7) is 15.9. The van der Waals surface area contributed by atoms with Crippen LogP contribution in [0.5, 0.6) is 0 Å². The molecule has 0 rings (SSSR count). The second kappa shape index (κ2) is 13.5. The average Bonchev–Trinajstić information content (AvgIpc) is 2.52. The van der Waals surface area contributed by atoms with E-state index in [-0.39, 0.29) is 17.1 Å². The van der Waals surface area contributed by atoms with E-state index in [0.717, 1.165) is 12.8 Å². The molecule has 0 unspecified atom stereocenters. The molecule has 0 bridgehead atoms. The van der Waals surface area contributed by atoms with Crippen LogP contribution in [0.15, 0.2) is 12.2 Å². The number of hydrogen-bond acceptors (Lipinski definition) is 3. The first kappa shape index (κ1) is 25.4. The van der Waals surface area contributed by atoms with Crippen LogP contribution in [0, 0.1) is 0 Å². The molecule has 0 spiro atoms. The van der Waals surface area contributed by atoms with Crippen LogP contribution in [0.2, 0.25) is 18.1 Å². The highest BCUT2D eigenvalue weighted by atomic mass is 28.4. The third-order valence-electron chi connectivity index (χ3n) is 5.34. The van der Waals surface area contributed by atoms with Crippen molar-refractivity contribution in [2.24, 2.45) is 0 Å². The van der Waals surface area contributed by atoms with Crippen LogP contribution < -0.4 is 0 Å². The van der Waals surface area contributed by atoms with Crippen LogP contribution in [0.4, 0.5) is 0 Å². The molecule has 0 aliphatic rings. The fourth-order valence-corrected chi connectivity index (χ4v) is 4.05. The van der Waals surface area contributed by atoms with Crippen LogP contribution in [0.25, 0.3) is 0 Å². The van der Waals surface area contributed by atoms with Gasteiger partial charge in [-0.15, -0.1) is 0 Å². The first-order valence-electron chi connectivity index (χ1n) is 10.6. The highest BCUT2D eigenvalue weighted by molar-refractivity contribution is 6.74. The molecule has 0 N–H and O–H groups in total. The zero-order chi connectivity index (χ0) is 20.1. The molecule has 0 heterocycles. The van der Waals surface area contributed by atoms with Crippen molar-refractivity contribution in [2.45, 2.75) is 117 Å². The van der Waals surface area contributed by atoms with Gasteiger partial charge in [-0.1, -0.05) is 78.7 Å². The van der Waals surface area contributed by atoms with Gasteiger partial charge in [0.2, 0.25) is 0 Å². The van der Waals surface area contributed by atoms with Crippen molar-refractivity contribution in [3.05, 3.63) is 12.2 Å². The van der Waals surface area contributed by atoms with Gasteiger partial charge in [0.25, 0.3) is 0 Å². The number of carbonyl (C=O) groups excluding carboxylic acids is 1. The van der Waals surface area contributed by atoms with Crippen LogP contribution in [-0.2, 0) is 14.0 Å². The SMILES string of the molecule is CCCCCCCCC[C@@H](C/C=C/C(=O)OCC)O[Si](C)(C)C(C)(C)C. The lowest BCUT2D eigenvalue weighted by Gasteiger charge is -2.39. The largest absolute Gasteiger partial charge is 0.463 e. The van der Waals surface area contributed by atoms with Crippen molar-refractivity contribution in [2.75, 3.05) is 6.61 Å². The quantitative estimate of drug-likeness (QED) is 0.140. The maximum absolute atomic E-state index is 11.5. The van der Waals surface area contributed by atoms with Gasteiger partial charge in [-0.2, -0.15) is 0 Å². The smallest absolute Gasteiger partial charge is 0.330 e. The Kier molecular flexibility index (Phi) is 13.2. The predicted molar refractivity (Wildman–Crippen MR) is 115 cm³/mol. The lowest BCUT2D eigenvalue weighted by atomic mass is 10.0. The van der Waals surface area contributed by atoms with E-state index in [1.54, 1.807) is 6.08 Å². The molecule has 0 aromatic heterocycles. The van der Waals surface area contributed by atoms with E-state index in [2.05, 4.69) is 40.8 Å². The van der Waals surface area contributed by atoms with Crippen molar-refractivity contribution < 1.29 is 14.0 Å². The molecule has 1 atom stereocenters. The van der Waals surface area contributed by atoms with Crippen LogP contribution >= 0.6 is 0 Å². The number of esters is 1. The van der Waals surface area contributed by atoms with E-state index >= 15 is 0 Å². The van der Waals surface area contributed by atoms with E-state index in [1.165, 1.54) is 44.9 Å². The van der Waals surface area contributed by atoms with Gasteiger partial charge in [0.05, 0.1) is 6.61 Å². The first-order valence-corrected chi connectivity index (χ1v) is 13.6. The first-order chi connectivity index (χ1) is 12.1. The zero-order valence-corrected chi connectivity index (χ0v) is 19.5. The molecule has 0 fully saturated rings. The standard InChI is InChI=1S/C22H44O3Si/c1-8-10-11-12-13-14-15-17-20(18-16-19-21(23)24-9-2)25-26(6,7)22(3,4)5/h16,19-20H,8-15,17-18H2,1-7H3/b19-16+/t20-/m0/s1. The van der Waals surface area contributed by atoms with Crippen LogP contribution in [0.1, 0.15) is 92.4 Å². The molecule has 26 heavy (non-hydrogen) atoms. The molecule has 0 amide bonds. The second-order valence-electron chi connectivity index (χ2n) is 8.80. The molecule has 3 nitrogen and oxygen atoms in total. The summed E-state index contributed by atoms with van der Waals surface area (Å²) in [5.74, 6) is -0.255. The third kappa shape index (κ3) is 11.9. The number of unbranched alkanes of at least 4 members (excludes halogenated alkanes) is 6. The molecule has 0 aromatic carbocycles. The van der Waals surface area contributed by atoms with E-state index < -0.39 is 8.32 Å². The van der Waals surface area contributed by atoms with Gasteiger partial charge < -0.3 is 9.16 Å². The number of carbonyl (C=O) groups is 1. The van der Waals surface area contributed by atoms with Crippen molar-refractivity contribution in [3.8, 4) is 0 Å². The summed E-state index contributed by atoms with van der Waals surface area (Å²) < 4.78 is 11.6. The van der Waals surface area contributed by atoms with E-state index in [4.69, 9.17) is 9.16 Å². The highest BCUT2D eigenvalue weighted by Gasteiger charge is 2.38. The molecule has 0 aliphatic carbocycles. The van der Waals surface area contributed by atoms with Crippen molar-refractivity contribution in [3.63, 3.8) is 0 Å². The minimum atomic E-state index is -1.80. The fraction of sp³-hybridized carbons (Fsp3) is 0.864. The van der Waals surface area contributed by atoms with E-state index in [0.29, 0.717) is 6.61 Å². The van der Waals surface area contributed by atoms with Gasteiger partial charge in [0.15, 0.2) is 8.32 Å². The molecule has 154 valence electrons. The second-order valence-corrected chi connectivity index (χ2v) is 13.6. The highest BCUT2D eigenvalue weighted by Crippen LogP contribution is 2.38. The normalized spacial score (nSPS) is 14.0. The summed E-state index contributed by atoms with van der Waals surface area (Å²) in [6, 6.07) is 0. The fourth-order valence-electron chi connectivity index (χ4n) is 2.65. The summed E-state index contributed by atoms with van der Waals surface area (Å²) >= 11 is 0. The summed E-state index contributed by atoms with van der Waals surface area (Å²) in [4.78, 5) is 11.5. The number of hydrogen-bond donors (Lipinski definition) is 0. The molecule has 0 saturated heterocycles. The summed E-state index contributed by atoms with van der Waals surface area (Å²) in [5.41, 5.74) is 0. The minimum Gasteiger partial charge on any atom is -0.463 e. The zero-order valence-electron chi connectivity index (χ0n) is 18.5. The Morgan fingerprint density at radius 2 is 1.58 bits per heavy atom. The van der Waals surface area contributed by atoms with Gasteiger partial charge >= 0.3 is 5.97 Å². The van der Waals surface area contributed by atoms with E-state index in [1.807, 2.05) is 13.0 Å². The number of ether oxygens (including phenoxy) is 1. The molecule has 0 radical (unpaired) electrons. The summed E-state index contributed by atoms with van der Waals surface area (Å²) in [5, 5.41) is 0.205. The Morgan fingerprint density at radius 3 is 2.12 bits per heavy atom. The predicted octanol–water partition coefficient (Wildman–Crippen LogP) is 7.03. The Hall–Kier alpha value is -0.613. The van der Waals surface area contributed by atoms with Crippen LogP contribution in [-0.4, -0.2) is 27.0 Å². The molecular weight excluding hydrogens is 340 g/mol. The van der Waals surface area contributed by atoms with Crippen LogP contribution in [0.3, 0.4) is 0 Å². The topological polar surface area (TPSA) is 35.5 Å². The lowest BCUT2D eigenvalue weighted by molar-refractivity contribution is -0.137.